The van der Waals surface area contributed by atoms with E-state index in [-0.39, 0.29) is 24.8 Å². The van der Waals surface area contributed by atoms with Crippen LogP contribution in [0.4, 0.5) is 0 Å². The van der Waals surface area contributed by atoms with Gasteiger partial charge < -0.3 is 4.74 Å². The van der Waals surface area contributed by atoms with Gasteiger partial charge in [-0.05, 0) is 48.7 Å². The Labute approximate surface area is 224 Å². The van der Waals surface area contributed by atoms with Crippen LogP contribution >= 0.6 is 40.7 Å². The van der Waals surface area contributed by atoms with E-state index in [1.165, 1.54) is 36.1 Å². The molecule has 0 N–H and O–H groups in total. The van der Waals surface area contributed by atoms with Crippen molar-refractivity contribution in [3.8, 4) is 5.75 Å². The van der Waals surface area contributed by atoms with E-state index < -0.39 is 0 Å². The van der Waals surface area contributed by atoms with Crippen molar-refractivity contribution in [2.24, 2.45) is 0 Å². The van der Waals surface area contributed by atoms with Crippen molar-refractivity contribution in [2.75, 3.05) is 26.7 Å². The van der Waals surface area contributed by atoms with E-state index in [9.17, 15) is 0 Å². The van der Waals surface area contributed by atoms with Crippen LogP contribution in [-0.4, -0.2) is 48.6 Å². The minimum atomic E-state index is 0. The maximum Gasteiger partial charge on any atom is 0.123 e. The van der Waals surface area contributed by atoms with Crippen molar-refractivity contribution in [1.82, 2.24) is 9.80 Å². The van der Waals surface area contributed by atoms with E-state index in [2.05, 4.69) is 105 Å². The third kappa shape index (κ3) is 5.80. The zero-order chi connectivity index (χ0) is 21.9. The van der Waals surface area contributed by atoms with Gasteiger partial charge in [-0.3, -0.25) is 9.80 Å². The second-order valence-electron chi connectivity index (χ2n) is 9.05. The van der Waals surface area contributed by atoms with Gasteiger partial charge in [-0.2, -0.15) is 0 Å². The third-order valence-electron chi connectivity index (χ3n) is 7.10. The number of piperazine rings is 1. The monoisotopic (exact) mass is 562 g/mol. The molecule has 2 aliphatic heterocycles. The van der Waals surface area contributed by atoms with Gasteiger partial charge in [0, 0.05) is 47.7 Å². The van der Waals surface area contributed by atoms with Crippen molar-refractivity contribution in [1.29, 1.82) is 0 Å². The number of benzene rings is 3. The molecule has 0 radical (unpaired) electrons. The van der Waals surface area contributed by atoms with Crippen LogP contribution in [0.3, 0.4) is 0 Å². The lowest BCUT2D eigenvalue weighted by molar-refractivity contribution is 0.0380. The molecule has 0 aliphatic carbocycles. The van der Waals surface area contributed by atoms with Gasteiger partial charge in [0.2, 0.25) is 0 Å². The molecular formula is C28H33BrCl2N2O. The molecular weight excluding hydrogens is 531 g/mol. The summed E-state index contributed by atoms with van der Waals surface area (Å²) in [6.07, 6.45) is 2.59. The van der Waals surface area contributed by atoms with Gasteiger partial charge in [-0.15, -0.1) is 24.8 Å². The Balaban J connectivity index is 0.00000162. The normalized spacial score (nSPS) is 20.3. The number of halogens is 3. The Kier molecular flexibility index (Phi) is 9.87. The molecule has 2 aliphatic rings. The van der Waals surface area contributed by atoms with E-state index in [0.717, 1.165) is 29.9 Å². The van der Waals surface area contributed by atoms with Gasteiger partial charge in [-0.1, -0.05) is 76.6 Å². The van der Waals surface area contributed by atoms with Crippen LogP contribution in [0, 0.1) is 0 Å². The fourth-order valence-corrected chi connectivity index (χ4v) is 6.14. The molecule has 2 atom stereocenters. The van der Waals surface area contributed by atoms with Crippen LogP contribution in [0.2, 0.25) is 0 Å². The Morgan fingerprint density at radius 1 is 0.912 bits per heavy atom. The topological polar surface area (TPSA) is 15.7 Å². The van der Waals surface area contributed by atoms with Crippen LogP contribution in [-0.2, 0) is 6.54 Å². The van der Waals surface area contributed by atoms with Crippen LogP contribution in [0.5, 0.6) is 5.75 Å². The fourth-order valence-electron chi connectivity index (χ4n) is 5.73. The zero-order valence-corrected chi connectivity index (χ0v) is 22.7. The second kappa shape index (κ2) is 12.4. The first-order chi connectivity index (χ1) is 15.7. The van der Waals surface area contributed by atoms with Gasteiger partial charge in [0.25, 0.3) is 0 Å². The zero-order valence-electron chi connectivity index (χ0n) is 19.5. The summed E-state index contributed by atoms with van der Waals surface area (Å²) in [5.41, 5.74) is 4.08. The van der Waals surface area contributed by atoms with Crippen molar-refractivity contribution < 1.29 is 4.74 Å². The van der Waals surface area contributed by atoms with E-state index in [1.807, 2.05) is 0 Å². The summed E-state index contributed by atoms with van der Waals surface area (Å²) in [6, 6.07) is 29.6. The van der Waals surface area contributed by atoms with E-state index >= 15 is 0 Å². The minimum absolute atomic E-state index is 0. The first kappa shape index (κ1) is 27.0. The smallest absolute Gasteiger partial charge is 0.123 e. The summed E-state index contributed by atoms with van der Waals surface area (Å²) in [4.78, 5) is 5.46. The molecule has 2 unspecified atom stereocenters. The summed E-state index contributed by atoms with van der Waals surface area (Å²) in [7, 11) is 1.77. The molecule has 182 valence electrons. The first-order valence-electron chi connectivity index (χ1n) is 11.6. The van der Waals surface area contributed by atoms with Crippen molar-refractivity contribution in [2.45, 2.75) is 37.4 Å². The average Bonchev–Trinajstić information content (AvgIpc) is 3.30. The molecule has 0 bridgehead atoms. The molecule has 2 fully saturated rings. The molecule has 0 spiro atoms. The molecule has 2 heterocycles. The maximum atomic E-state index is 5.68. The lowest BCUT2D eigenvalue weighted by atomic mass is 9.82. The lowest BCUT2D eigenvalue weighted by Crippen LogP contribution is -2.57. The molecule has 6 heteroatoms. The summed E-state index contributed by atoms with van der Waals surface area (Å²) >= 11 is 3.65. The second-order valence-corrected chi connectivity index (χ2v) is 9.97. The molecule has 3 aromatic carbocycles. The number of ether oxygens (including phenoxy) is 1. The highest BCUT2D eigenvalue weighted by Crippen LogP contribution is 2.38. The standard InChI is InChI=1S/C28H31BrN2O.2ClH/c1-32-27-15-14-24(29)17-23(27)18-30-19-25-13-8-16-31(25)26(20-30)28(21-9-4-2-5-10-21)22-11-6-3-7-12-22;;/h2-7,9-12,14-15,17,25-26,28H,8,13,16,18-20H2,1H3;2*1H. The van der Waals surface area contributed by atoms with Gasteiger partial charge in [-0.25, -0.2) is 0 Å². The lowest BCUT2D eigenvalue weighted by Gasteiger charge is -2.47. The Hall–Kier alpha value is -1.56. The largest absolute Gasteiger partial charge is 0.496 e. The third-order valence-corrected chi connectivity index (χ3v) is 7.59. The minimum Gasteiger partial charge on any atom is -0.496 e. The molecule has 3 nitrogen and oxygen atoms in total. The average molecular weight is 564 g/mol. The number of nitrogens with zero attached hydrogens (tertiary/aromatic N) is 2. The van der Waals surface area contributed by atoms with Crippen LogP contribution in [0.25, 0.3) is 0 Å². The number of rotatable bonds is 6. The fraction of sp³-hybridized carbons (Fsp3) is 0.357. The number of hydrogen-bond acceptors (Lipinski definition) is 3. The van der Waals surface area contributed by atoms with Crippen molar-refractivity contribution in [3.63, 3.8) is 0 Å². The van der Waals surface area contributed by atoms with Crippen LogP contribution in [0.15, 0.2) is 83.3 Å². The quantitative estimate of drug-likeness (QED) is 0.328. The number of fused-ring (bicyclic) bond motifs is 1. The van der Waals surface area contributed by atoms with Crippen molar-refractivity contribution in [3.05, 3.63) is 100 Å². The molecule has 0 amide bonds. The number of hydrogen-bond donors (Lipinski definition) is 0. The van der Waals surface area contributed by atoms with E-state index in [4.69, 9.17) is 4.74 Å². The molecule has 5 rings (SSSR count). The highest BCUT2D eigenvalue weighted by Gasteiger charge is 2.41. The van der Waals surface area contributed by atoms with Gasteiger partial charge in [0.1, 0.15) is 5.75 Å². The Bertz CT molecular complexity index is 998. The van der Waals surface area contributed by atoms with Crippen LogP contribution < -0.4 is 4.74 Å². The Morgan fingerprint density at radius 2 is 1.56 bits per heavy atom. The summed E-state index contributed by atoms with van der Waals surface area (Å²) in [5.74, 6) is 1.34. The van der Waals surface area contributed by atoms with Crippen molar-refractivity contribution >= 4 is 40.7 Å². The predicted octanol–water partition coefficient (Wildman–Crippen LogP) is 6.78. The molecule has 34 heavy (non-hydrogen) atoms. The summed E-state index contributed by atoms with van der Waals surface area (Å²) < 4.78 is 6.79. The first-order valence-corrected chi connectivity index (χ1v) is 12.4. The number of methoxy groups -OCH3 is 1. The summed E-state index contributed by atoms with van der Waals surface area (Å²) in [6.45, 7) is 4.31. The van der Waals surface area contributed by atoms with Crippen LogP contribution in [0.1, 0.15) is 35.4 Å². The highest BCUT2D eigenvalue weighted by molar-refractivity contribution is 9.10. The maximum absolute atomic E-state index is 5.68. The Morgan fingerprint density at radius 3 is 2.18 bits per heavy atom. The molecule has 2 saturated heterocycles. The summed E-state index contributed by atoms with van der Waals surface area (Å²) in [5, 5.41) is 0. The molecule has 0 aromatic heterocycles. The van der Waals surface area contributed by atoms with Gasteiger partial charge in [0.05, 0.1) is 7.11 Å². The van der Waals surface area contributed by atoms with E-state index in [1.54, 1.807) is 7.11 Å². The predicted molar refractivity (Wildman–Crippen MR) is 149 cm³/mol. The highest BCUT2D eigenvalue weighted by atomic mass is 79.9. The van der Waals surface area contributed by atoms with Gasteiger partial charge in [0.15, 0.2) is 0 Å². The molecule has 0 saturated carbocycles. The van der Waals surface area contributed by atoms with E-state index in [0.29, 0.717) is 18.0 Å². The molecule has 3 aromatic rings. The SMILES string of the molecule is COc1ccc(Br)cc1CN1CC2CCCN2C(C(c2ccccc2)c2ccccc2)C1.Cl.Cl. The van der Waals surface area contributed by atoms with Gasteiger partial charge >= 0.3 is 0 Å².